The van der Waals surface area contributed by atoms with Crippen LogP contribution >= 0.6 is 0 Å². The summed E-state index contributed by atoms with van der Waals surface area (Å²) in [4.78, 5) is 0. The number of nitrogens with zero attached hydrogens (tertiary/aromatic N) is 1. The van der Waals surface area contributed by atoms with Crippen LogP contribution in [0.3, 0.4) is 0 Å². The summed E-state index contributed by atoms with van der Waals surface area (Å²) < 4.78 is 0. The lowest BCUT2D eigenvalue weighted by molar-refractivity contribution is 1.02. The van der Waals surface area contributed by atoms with Gasteiger partial charge in [0.05, 0.1) is 23.0 Å². The highest BCUT2D eigenvalue weighted by Crippen LogP contribution is 2.19. The molecule has 3 N–H and O–H groups in total. The van der Waals surface area contributed by atoms with Gasteiger partial charge in [0.2, 0.25) is 0 Å². The molecule has 0 heterocycles. The zero-order valence-corrected chi connectivity index (χ0v) is 11.0. The zero-order chi connectivity index (χ0) is 13.7. The Bertz CT molecular complexity index is 612. The van der Waals surface area contributed by atoms with Gasteiger partial charge < -0.3 is 11.1 Å². The van der Waals surface area contributed by atoms with Crippen LogP contribution in [0.4, 0.5) is 11.4 Å². The summed E-state index contributed by atoms with van der Waals surface area (Å²) in [6, 6.07) is 15.8. The summed E-state index contributed by atoms with van der Waals surface area (Å²) >= 11 is 0. The van der Waals surface area contributed by atoms with E-state index in [4.69, 9.17) is 11.0 Å². The molecule has 19 heavy (non-hydrogen) atoms. The number of nitrogen functional groups attached to an aromatic ring is 1. The summed E-state index contributed by atoms with van der Waals surface area (Å²) in [6.07, 6.45) is 0.928. The fourth-order valence-corrected chi connectivity index (χ4v) is 1.99. The van der Waals surface area contributed by atoms with Crippen LogP contribution in [0.25, 0.3) is 0 Å². The summed E-state index contributed by atoms with van der Waals surface area (Å²) in [7, 11) is 0. The van der Waals surface area contributed by atoms with E-state index in [0.717, 1.165) is 18.7 Å². The van der Waals surface area contributed by atoms with Crippen molar-refractivity contribution >= 4 is 11.4 Å². The lowest BCUT2D eigenvalue weighted by Gasteiger charge is -2.10. The average molecular weight is 251 g/mol. The van der Waals surface area contributed by atoms with Crippen LogP contribution in [0.2, 0.25) is 0 Å². The monoisotopic (exact) mass is 251 g/mol. The Hall–Kier alpha value is -2.47. The molecule has 0 radical (unpaired) electrons. The van der Waals surface area contributed by atoms with Crippen molar-refractivity contribution in [1.29, 1.82) is 5.26 Å². The number of nitriles is 1. The molecule has 0 fully saturated rings. The molecule has 2 aromatic rings. The average Bonchev–Trinajstić information content (AvgIpc) is 2.41. The van der Waals surface area contributed by atoms with E-state index in [0.29, 0.717) is 11.3 Å². The summed E-state index contributed by atoms with van der Waals surface area (Å²) in [5.74, 6) is 0. The number of hydrogen-bond donors (Lipinski definition) is 2. The molecule has 2 aromatic carbocycles. The number of hydrogen-bond acceptors (Lipinski definition) is 3. The third-order valence-electron chi connectivity index (χ3n) is 2.99. The Balaban J connectivity index is 1.98. The van der Waals surface area contributed by atoms with E-state index >= 15 is 0 Å². The van der Waals surface area contributed by atoms with E-state index in [1.165, 1.54) is 11.1 Å². The SMILES string of the molecule is Cc1cccc(CCNc2cc(C#N)ccc2N)c1. The molecular formula is C16H17N3. The quantitative estimate of drug-likeness (QED) is 0.821. The predicted octanol–water partition coefficient (Wildman–Crippen LogP) is 3.10. The molecule has 0 unspecified atom stereocenters. The Kier molecular flexibility index (Phi) is 4.04. The lowest BCUT2D eigenvalue weighted by Crippen LogP contribution is -2.07. The highest BCUT2D eigenvalue weighted by molar-refractivity contribution is 5.68. The molecule has 0 aliphatic heterocycles. The van der Waals surface area contributed by atoms with Gasteiger partial charge in [-0.25, -0.2) is 0 Å². The Morgan fingerprint density at radius 3 is 2.79 bits per heavy atom. The number of nitrogens with one attached hydrogen (secondary N) is 1. The maximum atomic E-state index is 8.87. The van der Waals surface area contributed by atoms with Crippen LogP contribution < -0.4 is 11.1 Å². The maximum absolute atomic E-state index is 8.87. The molecule has 0 bridgehead atoms. The molecule has 0 saturated carbocycles. The van der Waals surface area contributed by atoms with E-state index in [1.807, 2.05) is 0 Å². The largest absolute Gasteiger partial charge is 0.397 e. The smallest absolute Gasteiger partial charge is 0.0992 e. The predicted molar refractivity (Wildman–Crippen MR) is 78.9 cm³/mol. The van der Waals surface area contributed by atoms with Gasteiger partial charge in [-0.1, -0.05) is 29.8 Å². The minimum Gasteiger partial charge on any atom is -0.397 e. The number of anilines is 2. The van der Waals surface area contributed by atoms with Gasteiger partial charge in [-0.3, -0.25) is 0 Å². The number of benzene rings is 2. The van der Waals surface area contributed by atoms with Crippen LogP contribution in [-0.2, 0) is 6.42 Å². The summed E-state index contributed by atoms with van der Waals surface area (Å²) in [5, 5.41) is 12.1. The van der Waals surface area contributed by atoms with Gasteiger partial charge in [-0.2, -0.15) is 5.26 Å². The first-order valence-electron chi connectivity index (χ1n) is 6.28. The normalized spacial score (nSPS) is 9.89. The van der Waals surface area contributed by atoms with Crippen LogP contribution in [0.5, 0.6) is 0 Å². The molecule has 0 aromatic heterocycles. The first-order valence-corrected chi connectivity index (χ1v) is 6.28. The first kappa shape index (κ1) is 13.0. The van der Waals surface area contributed by atoms with Crippen molar-refractivity contribution in [3.8, 4) is 6.07 Å². The fourth-order valence-electron chi connectivity index (χ4n) is 1.99. The molecule has 96 valence electrons. The van der Waals surface area contributed by atoms with Crippen LogP contribution in [0.15, 0.2) is 42.5 Å². The Morgan fingerprint density at radius 2 is 2.05 bits per heavy atom. The number of rotatable bonds is 4. The van der Waals surface area contributed by atoms with E-state index in [1.54, 1.807) is 18.2 Å². The topological polar surface area (TPSA) is 61.8 Å². The molecule has 0 saturated heterocycles. The van der Waals surface area contributed by atoms with Gasteiger partial charge >= 0.3 is 0 Å². The van der Waals surface area contributed by atoms with Crippen LogP contribution in [0, 0.1) is 18.3 Å². The highest BCUT2D eigenvalue weighted by Gasteiger charge is 2.00. The molecule has 3 nitrogen and oxygen atoms in total. The number of nitrogens with two attached hydrogens (primary N) is 1. The van der Waals surface area contributed by atoms with Gasteiger partial charge in [0, 0.05) is 6.54 Å². The van der Waals surface area contributed by atoms with Crippen LogP contribution in [-0.4, -0.2) is 6.54 Å². The Labute approximate surface area is 113 Å². The highest BCUT2D eigenvalue weighted by atomic mass is 14.9. The summed E-state index contributed by atoms with van der Waals surface area (Å²) in [6.45, 7) is 2.88. The third kappa shape index (κ3) is 3.49. The third-order valence-corrected chi connectivity index (χ3v) is 2.99. The van der Waals surface area contributed by atoms with Gasteiger partial charge in [0.25, 0.3) is 0 Å². The van der Waals surface area contributed by atoms with Crippen molar-refractivity contribution in [2.45, 2.75) is 13.3 Å². The zero-order valence-electron chi connectivity index (χ0n) is 11.0. The van der Waals surface area contributed by atoms with Crippen molar-refractivity contribution < 1.29 is 0 Å². The standard InChI is InChI=1S/C16H17N3/c1-12-3-2-4-13(9-12)7-8-19-16-10-14(11-17)5-6-15(16)18/h2-6,9-10,19H,7-8,18H2,1H3. The van der Waals surface area contributed by atoms with Gasteiger partial charge in [-0.15, -0.1) is 0 Å². The fraction of sp³-hybridized carbons (Fsp3) is 0.188. The van der Waals surface area contributed by atoms with E-state index in [-0.39, 0.29) is 0 Å². The minimum atomic E-state index is 0.618. The van der Waals surface area contributed by atoms with Crippen molar-refractivity contribution in [1.82, 2.24) is 0 Å². The molecule has 3 heteroatoms. The van der Waals surface area contributed by atoms with Crippen molar-refractivity contribution in [2.24, 2.45) is 0 Å². The molecule has 0 aliphatic carbocycles. The molecule has 0 amide bonds. The van der Waals surface area contributed by atoms with E-state index in [9.17, 15) is 0 Å². The van der Waals surface area contributed by atoms with Crippen LogP contribution in [0.1, 0.15) is 16.7 Å². The minimum absolute atomic E-state index is 0.618. The second-order valence-electron chi connectivity index (χ2n) is 4.58. The van der Waals surface area contributed by atoms with Gasteiger partial charge in [0.15, 0.2) is 0 Å². The molecule has 2 rings (SSSR count). The van der Waals surface area contributed by atoms with Crippen molar-refractivity contribution in [3.63, 3.8) is 0 Å². The Morgan fingerprint density at radius 1 is 1.21 bits per heavy atom. The summed E-state index contributed by atoms with van der Waals surface area (Å²) in [5.41, 5.74) is 10.6. The first-order chi connectivity index (χ1) is 9.19. The van der Waals surface area contributed by atoms with E-state index < -0.39 is 0 Å². The maximum Gasteiger partial charge on any atom is 0.0992 e. The molecular weight excluding hydrogens is 234 g/mol. The van der Waals surface area contributed by atoms with Crippen molar-refractivity contribution in [3.05, 3.63) is 59.2 Å². The lowest BCUT2D eigenvalue weighted by atomic mass is 10.1. The number of aryl methyl sites for hydroxylation is 1. The van der Waals surface area contributed by atoms with E-state index in [2.05, 4.69) is 42.6 Å². The molecule has 0 atom stereocenters. The van der Waals surface area contributed by atoms with Gasteiger partial charge in [-0.05, 0) is 37.1 Å². The second-order valence-corrected chi connectivity index (χ2v) is 4.58. The second kappa shape index (κ2) is 5.92. The molecule has 0 spiro atoms. The van der Waals surface area contributed by atoms with Gasteiger partial charge in [0.1, 0.15) is 0 Å². The molecule has 0 aliphatic rings. The van der Waals surface area contributed by atoms with Crippen molar-refractivity contribution in [2.75, 3.05) is 17.6 Å².